The number of benzene rings is 1. The lowest BCUT2D eigenvalue weighted by Crippen LogP contribution is -2.47. The third-order valence-corrected chi connectivity index (χ3v) is 3.61. The minimum Gasteiger partial charge on any atom is -0.370 e. The number of nitrogens with zero attached hydrogens (tertiary/aromatic N) is 1. The van der Waals surface area contributed by atoms with Crippen LogP contribution in [0.4, 0.5) is 4.39 Å². The van der Waals surface area contributed by atoms with Crippen molar-refractivity contribution in [2.24, 2.45) is 0 Å². The van der Waals surface area contributed by atoms with Gasteiger partial charge in [-0.25, -0.2) is 4.39 Å². The van der Waals surface area contributed by atoms with Crippen LogP contribution in [0.25, 0.3) is 0 Å². The number of carbonyl (C=O) groups excluding carboxylic acids is 3. The molecule has 1 saturated heterocycles. The second-order valence-corrected chi connectivity index (χ2v) is 5.41. The van der Waals surface area contributed by atoms with Gasteiger partial charge in [-0.05, 0) is 6.07 Å². The second-order valence-electron chi connectivity index (χ2n) is 5.41. The van der Waals surface area contributed by atoms with E-state index in [9.17, 15) is 18.8 Å². The van der Waals surface area contributed by atoms with E-state index >= 15 is 0 Å². The number of hydrogen-bond acceptors (Lipinski definition) is 4. The molecular formula is C16H20FN3O4. The zero-order valence-corrected chi connectivity index (χ0v) is 13.4. The van der Waals surface area contributed by atoms with Gasteiger partial charge in [0.2, 0.25) is 17.7 Å². The van der Waals surface area contributed by atoms with Crippen LogP contribution in [0, 0.1) is 5.82 Å². The highest BCUT2D eigenvalue weighted by Gasteiger charge is 2.27. The van der Waals surface area contributed by atoms with Gasteiger partial charge < -0.3 is 20.3 Å². The van der Waals surface area contributed by atoms with Crippen molar-refractivity contribution in [1.82, 2.24) is 15.5 Å². The molecule has 1 aromatic rings. The average Bonchev–Trinajstić information content (AvgIpc) is 2.58. The monoisotopic (exact) mass is 337 g/mol. The van der Waals surface area contributed by atoms with Crippen LogP contribution in [0.1, 0.15) is 18.6 Å². The molecule has 1 aliphatic rings. The fraction of sp³-hybridized carbons (Fsp3) is 0.438. The number of carbonyl (C=O) groups is 3. The summed E-state index contributed by atoms with van der Waals surface area (Å²) >= 11 is 0. The summed E-state index contributed by atoms with van der Waals surface area (Å²) in [5.74, 6) is -1.42. The van der Waals surface area contributed by atoms with E-state index in [1.54, 1.807) is 18.2 Å². The van der Waals surface area contributed by atoms with Crippen LogP contribution < -0.4 is 10.6 Å². The molecule has 1 aliphatic heterocycles. The van der Waals surface area contributed by atoms with Gasteiger partial charge in [-0.1, -0.05) is 18.2 Å². The SMILES string of the molecule is CC(=O)NCC(=O)NCC(=O)N1CCOC(c2ccccc2F)C1. The molecule has 1 heterocycles. The Balaban J connectivity index is 1.85. The molecule has 2 N–H and O–H groups in total. The molecule has 0 spiro atoms. The van der Waals surface area contributed by atoms with E-state index < -0.39 is 12.0 Å². The number of ether oxygens (including phenoxy) is 1. The van der Waals surface area contributed by atoms with Gasteiger partial charge in [0.25, 0.3) is 0 Å². The highest BCUT2D eigenvalue weighted by molar-refractivity contribution is 5.87. The second kappa shape index (κ2) is 8.39. The first-order valence-electron chi connectivity index (χ1n) is 7.62. The van der Waals surface area contributed by atoms with Gasteiger partial charge in [-0.3, -0.25) is 14.4 Å². The molecule has 1 aromatic carbocycles. The summed E-state index contributed by atoms with van der Waals surface area (Å²) in [5.41, 5.74) is 0.407. The van der Waals surface area contributed by atoms with Crippen LogP contribution in [-0.2, 0) is 19.1 Å². The summed E-state index contributed by atoms with van der Waals surface area (Å²) < 4.78 is 19.4. The van der Waals surface area contributed by atoms with Crippen LogP contribution in [0.15, 0.2) is 24.3 Å². The van der Waals surface area contributed by atoms with E-state index in [2.05, 4.69) is 10.6 Å². The molecule has 0 aliphatic carbocycles. The lowest BCUT2D eigenvalue weighted by molar-refractivity contribution is -0.139. The van der Waals surface area contributed by atoms with E-state index in [1.807, 2.05) is 0 Å². The van der Waals surface area contributed by atoms with Crippen LogP contribution >= 0.6 is 0 Å². The highest BCUT2D eigenvalue weighted by atomic mass is 19.1. The first-order chi connectivity index (χ1) is 11.5. The Bertz CT molecular complexity index is 623. The topological polar surface area (TPSA) is 87.7 Å². The fourth-order valence-electron chi connectivity index (χ4n) is 2.35. The minimum absolute atomic E-state index is 0.177. The Labute approximate surface area is 139 Å². The van der Waals surface area contributed by atoms with Crippen molar-refractivity contribution < 1.29 is 23.5 Å². The van der Waals surface area contributed by atoms with Gasteiger partial charge in [-0.15, -0.1) is 0 Å². The molecule has 1 fully saturated rings. The van der Waals surface area contributed by atoms with Gasteiger partial charge in [0.15, 0.2) is 0 Å². The molecule has 3 amide bonds. The van der Waals surface area contributed by atoms with Gasteiger partial charge in [0, 0.05) is 19.0 Å². The average molecular weight is 337 g/mol. The summed E-state index contributed by atoms with van der Waals surface area (Å²) in [6.45, 7) is 1.85. The largest absolute Gasteiger partial charge is 0.370 e. The Morgan fingerprint density at radius 1 is 1.25 bits per heavy atom. The van der Waals surface area contributed by atoms with Crippen LogP contribution in [0.2, 0.25) is 0 Å². The molecule has 2 rings (SSSR count). The van der Waals surface area contributed by atoms with Crippen LogP contribution in [-0.4, -0.2) is 55.4 Å². The number of hydrogen-bond donors (Lipinski definition) is 2. The summed E-state index contributed by atoms with van der Waals surface area (Å²) in [6.07, 6.45) is -0.529. The van der Waals surface area contributed by atoms with Crippen molar-refractivity contribution in [3.63, 3.8) is 0 Å². The van der Waals surface area contributed by atoms with Gasteiger partial charge in [0.1, 0.15) is 11.9 Å². The molecule has 1 unspecified atom stereocenters. The van der Waals surface area contributed by atoms with Gasteiger partial charge >= 0.3 is 0 Å². The summed E-state index contributed by atoms with van der Waals surface area (Å²) in [6, 6.07) is 6.28. The lowest BCUT2D eigenvalue weighted by Gasteiger charge is -2.33. The molecule has 1 atom stereocenters. The molecule has 0 radical (unpaired) electrons. The van der Waals surface area contributed by atoms with E-state index in [1.165, 1.54) is 17.9 Å². The molecule has 0 aromatic heterocycles. The van der Waals surface area contributed by atoms with E-state index in [4.69, 9.17) is 4.74 Å². The lowest BCUT2D eigenvalue weighted by atomic mass is 10.1. The van der Waals surface area contributed by atoms with Gasteiger partial charge in [-0.2, -0.15) is 0 Å². The Morgan fingerprint density at radius 3 is 2.71 bits per heavy atom. The Hall–Kier alpha value is -2.48. The first kappa shape index (κ1) is 17.9. The number of morpholine rings is 1. The van der Waals surface area contributed by atoms with E-state index in [0.717, 1.165) is 0 Å². The minimum atomic E-state index is -0.529. The smallest absolute Gasteiger partial charge is 0.242 e. The van der Waals surface area contributed by atoms with Crippen LogP contribution in [0.5, 0.6) is 0 Å². The molecular weight excluding hydrogens is 317 g/mol. The zero-order chi connectivity index (χ0) is 17.5. The number of halogens is 1. The van der Waals surface area contributed by atoms with Crippen LogP contribution in [0.3, 0.4) is 0 Å². The van der Waals surface area contributed by atoms with E-state index in [-0.39, 0.29) is 37.3 Å². The molecule has 0 bridgehead atoms. The maximum atomic E-state index is 13.8. The molecule has 8 heteroatoms. The number of rotatable bonds is 5. The molecule has 0 saturated carbocycles. The van der Waals surface area contributed by atoms with Gasteiger partial charge in [0.05, 0.1) is 26.2 Å². The third kappa shape index (κ3) is 5.02. The predicted molar refractivity (Wildman–Crippen MR) is 83.4 cm³/mol. The quantitative estimate of drug-likeness (QED) is 0.790. The van der Waals surface area contributed by atoms with Crippen molar-refractivity contribution in [2.75, 3.05) is 32.8 Å². The van der Waals surface area contributed by atoms with Crippen molar-refractivity contribution in [3.05, 3.63) is 35.6 Å². The summed E-state index contributed by atoms with van der Waals surface area (Å²) in [7, 11) is 0. The van der Waals surface area contributed by atoms with E-state index in [0.29, 0.717) is 18.7 Å². The van der Waals surface area contributed by atoms with Crippen molar-refractivity contribution in [2.45, 2.75) is 13.0 Å². The maximum Gasteiger partial charge on any atom is 0.242 e. The normalized spacial score (nSPS) is 17.2. The highest BCUT2D eigenvalue weighted by Crippen LogP contribution is 2.24. The van der Waals surface area contributed by atoms with Crippen molar-refractivity contribution in [3.8, 4) is 0 Å². The summed E-state index contributed by atoms with van der Waals surface area (Å²) in [4.78, 5) is 35.9. The molecule has 7 nitrogen and oxygen atoms in total. The fourth-order valence-corrected chi connectivity index (χ4v) is 2.35. The third-order valence-electron chi connectivity index (χ3n) is 3.61. The first-order valence-corrected chi connectivity index (χ1v) is 7.62. The predicted octanol–water partition coefficient (Wildman–Crippen LogP) is -0.0221. The Kier molecular flexibility index (Phi) is 6.25. The standard InChI is InChI=1S/C16H20FN3O4/c1-11(21)18-8-15(22)19-9-16(23)20-6-7-24-14(10-20)12-4-2-3-5-13(12)17/h2-5,14H,6-10H2,1H3,(H,18,21)(H,19,22). The zero-order valence-electron chi connectivity index (χ0n) is 13.4. The number of nitrogens with one attached hydrogen (secondary N) is 2. The molecule has 130 valence electrons. The molecule has 24 heavy (non-hydrogen) atoms. The van der Waals surface area contributed by atoms with Crippen molar-refractivity contribution >= 4 is 17.7 Å². The van der Waals surface area contributed by atoms with Crippen molar-refractivity contribution in [1.29, 1.82) is 0 Å². The number of amides is 3. The maximum absolute atomic E-state index is 13.8. The Morgan fingerprint density at radius 2 is 2.00 bits per heavy atom. The summed E-state index contributed by atoms with van der Waals surface area (Å²) in [5, 5.41) is 4.79.